The Morgan fingerprint density at radius 3 is 2.31 bits per heavy atom. The molecule has 6 heteroatoms. The molecule has 0 aliphatic heterocycles. The molecule has 1 unspecified atom stereocenters. The summed E-state index contributed by atoms with van der Waals surface area (Å²) >= 11 is 11.3. The van der Waals surface area contributed by atoms with E-state index in [9.17, 15) is 13.5 Å². The standard InChI is InChI=1S/C7H12Cl2O3S/c1-2-13(11,12)7(8,9)6(10)5-3-4-5/h5-6,10H,2-4H2,1H3. The van der Waals surface area contributed by atoms with Gasteiger partial charge in [0.2, 0.25) is 3.67 Å². The van der Waals surface area contributed by atoms with E-state index in [-0.39, 0.29) is 11.7 Å². The summed E-state index contributed by atoms with van der Waals surface area (Å²) in [6.45, 7) is 1.45. The van der Waals surface area contributed by atoms with Crippen molar-refractivity contribution in [1.82, 2.24) is 0 Å². The lowest BCUT2D eigenvalue weighted by Gasteiger charge is -2.24. The Balaban J connectivity index is 2.85. The van der Waals surface area contributed by atoms with Crippen LogP contribution in [0.4, 0.5) is 0 Å². The van der Waals surface area contributed by atoms with Gasteiger partial charge in [-0.1, -0.05) is 30.1 Å². The van der Waals surface area contributed by atoms with Crippen LogP contribution in [0.1, 0.15) is 19.8 Å². The van der Waals surface area contributed by atoms with Crippen LogP contribution in [0.25, 0.3) is 0 Å². The molecule has 1 aliphatic carbocycles. The zero-order valence-electron chi connectivity index (χ0n) is 7.20. The summed E-state index contributed by atoms with van der Waals surface area (Å²) < 4.78 is 20.7. The summed E-state index contributed by atoms with van der Waals surface area (Å²) in [4.78, 5) is 0. The van der Waals surface area contributed by atoms with E-state index in [0.29, 0.717) is 0 Å². The molecule has 78 valence electrons. The molecule has 13 heavy (non-hydrogen) atoms. The third-order valence-corrected chi connectivity index (χ3v) is 5.90. The molecule has 0 radical (unpaired) electrons. The van der Waals surface area contributed by atoms with Gasteiger partial charge < -0.3 is 5.11 Å². The van der Waals surface area contributed by atoms with Crippen LogP contribution < -0.4 is 0 Å². The average molecular weight is 247 g/mol. The molecule has 0 spiro atoms. The Kier molecular flexibility index (Phi) is 3.18. The first kappa shape index (κ1) is 11.6. The summed E-state index contributed by atoms with van der Waals surface area (Å²) in [6.07, 6.45) is 0.421. The molecular formula is C7H12Cl2O3S. The van der Waals surface area contributed by atoms with Crippen molar-refractivity contribution in [3.63, 3.8) is 0 Å². The normalized spacial score (nSPS) is 21.5. The van der Waals surface area contributed by atoms with Crippen molar-refractivity contribution in [3.05, 3.63) is 0 Å². The number of halogens is 2. The topological polar surface area (TPSA) is 54.4 Å². The van der Waals surface area contributed by atoms with Crippen molar-refractivity contribution in [2.45, 2.75) is 29.5 Å². The van der Waals surface area contributed by atoms with E-state index < -0.39 is 19.6 Å². The highest BCUT2D eigenvalue weighted by Crippen LogP contribution is 2.44. The minimum absolute atomic E-state index is 0.0590. The lowest BCUT2D eigenvalue weighted by Crippen LogP contribution is -2.41. The fourth-order valence-corrected chi connectivity index (χ4v) is 3.02. The van der Waals surface area contributed by atoms with Gasteiger partial charge in [0.15, 0.2) is 9.84 Å². The van der Waals surface area contributed by atoms with Crippen molar-refractivity contribution >= 4 is 33.0 Å². The summed E-state index contributed by atoms with van der Waals surface area (Å²) in [5.74, 6) is -0.222. The molecule has 0 saturated heterocycles. The summed E-state index contributed by atoms with van der Waals surface area (Å²) in [6, 6.07) is 0. The minimum atomic E-state index is -3.62. The predicted octanol–water partition coefficient (Wildman–Crippen LogP) is 1.32. The van der Waals surface area contributed by atoms with Gasteiger partial charge in [0.1, 0.15) is 6.10 Å². The van der Waals surface area contributed by atoms with Gasteiger partial charge in [-0.15, -0.1) is 0 Å². The molecule has 0 aromatic carbocycles. The molecule has 3 nitrogen and oxygen atoms in total. The molecular weight excluding hydrogens is 235 g/mol. The molecule has 1 atom stereocenters. The molecule has 1 rings (SSSR count). The van der Waals surface area contributed by atoms with Gasteiger partial charge >= 0.3 is 0 Å². The number of hydrogen-bond acceptors (Lipinski definition) is 3. The number of rotatable bonds is 4. The molecule has 0 bridgehead atoms. The second-order valence-electron chi connectivity index (χ2n) is 3.25. The van der Waals surface area contributed by atoms with Crippen LogP contribution in [0.5, 0.6) is 0 Å². The van der Waals surface area contributed by atoms with Gasteiger partial charge in [0.25, 0.3) is 0 Å². The fraction of sp³-hybridized carbons (Fsp3) is 1.00. The third kappa shape index (κ3) is 2.12. The monoisotopic (exact) mass is 246 g/mol. The molecule has 1 fully saturated rings. The first-order valence-corrected chi connectivity index (χ1v) is 6.52. The number of sulfone groups is 1. The van der Waals surface area contributed by atoms with Crippen LogP contribution in [0.3, 0.4) is 0 Å². The maximum absolute atomic E-state index is 11.4. The highest BCUT2D eigenvalue weighted by Gasteiger charge is 2.51. The summed E-state index contributed by atoms with van der Waals surface area (Å²) in [7, 11) is -3.62. The Bertz CT molecular complexity index is 282. The second kappa shape index (κ2) is 3.57. The molecule has 0 heterocycles. The molecule has 0 aromatic rings. The van der Waals surface area contributed by atoms with Crippen LogP contribution in [-0.4, -0.2) is 29.0 Å². The van der Waals surface area contributed by atoms with Crippen molar-refractivity contribution < 1.29 is 13.5 Å². The van der Waals surface area contributed by atoms with Gasteiger partial charge in [-0.05, 0) is 18.8 Å². The zero-order valence-corrected chi connectivity index (χ0v) is 9.53. The van der Waals surface area contributed by atoms with Gasteiger partial charge in [-0.2, -0.15) is 0 Å². The summed E-state index contributed by atoms with van der Waals surface area (Å²) in [5, 5.41) is 9.54. The van der Waals surface area contributed by atoms with Crippen molar-refractivity contribution in [2.24, 2.45) is 5.92 Å². The van der Waals surface area contributed by atoms with Gasteiger partial charge in [0.05, 0.1) is 5.75 Å². The Morgan fingerprint density at radius 1 is 1.54 bits per heavy atom. The summed E-state index contributed by atoms with van der Waals surface area (Å²) in [5.41, 5.74) is 0. The van der Waals surface area contributed by atoms with E-state index in [2.05, 4.69) is 0 Å². The fourth-order valence-electron chi connectivity index (χ4n) is 1.06. The molecule has 1 saturated carbocycles. The number of alkyl halides is 2. The lowest BCUT2D eigenvalue weighted by atomic mass is 10.3. The number of aliphatic hydroxyl groups excluding tert-OH is 1. The van der Waals surface area contributed by atoms with Crippen LogP contribution in [0, 0.1) is 5.92 Å². The average Bonchev–Trinajstić information content (AvgIpc) is 2.85. The molecule has 0 amide bonds. The van der Waals surface area contributed by atoms with E-state index in [1.165, 1.54) is 6.92 Å². The SMILES string of the molecule is CCS(=O)(=O)C(Cl)(Cl)C(O)C1CC1. The first-order chi connectivity index (χ1) is 5.83. The maximum atomic E-state index is 11.4. The Labute approximate surface area is 87.9 Å². The predicted molar refractivity (Wildman–Crippen MR) is 52.6 cm³/mol. The van der Waals surface area contributed by atoms with Crippen LogP contribution >= 0.6 is 23.2 Å². The Morgan fingerprint density at radius 2 is 2.00 bits per heavy atom. The number of hydrogen-bond donors (Lipinski definition) is 1. The van der Waals surface area contributed by atoms with Crippen molar-refractivity contribution in [1.29, 1.82) is 0 Å². The maximum Gasteiger partial charge on any atom is 0.243 e. The number of aliphatic hydroxyl groups is 1. The second-order valence-corrected chi connectivity index (χ2v) is 7.53. The van der Waals surface area contributed by atoms with Gasteiger partial charge in [-0.3, -0.25) is 0 Å². The third-order valence-electron chi connectivity index (χ3n) is 2.21. The molecule has 0 aromatic heterocycles. The van der Waals surface area contributed by atoms with E-state index in [0.717, 1.165) is 12.8 Å². The molecule has 1 N–H and O–H groups in total. The smallest absolute Gasteiger partial charge is 0.243 e. The van der Waals surface area contributed by atoms with E-state index >= 15 is 0 Å². The first-order valence-electron chi connectivity index (χ1n) is 4.11. The van der Waals surface area contributed by atoms with Gasteiger partial charge in [-0.25, -0.2) is 8.42 Å². The largest absolute Gasteiger partial charge is 0.389 e. The van der Waals surface area contributed by atoms with Gasteiger partial charge in [0, 0.05) is 0 Å². The lowest BCUT2D eigenvalue weighted by molar-refractivity contribution is 0.154. The quantitative estimate of drug-likeness (QED) is 0.762. The highest BCUT2D eigenvalue weighted by molar-refractivity contribution is 7.95. The highest BCUT2D eigenvalue weighted by atomic mass is 35.5. The van der Waals surface area contributed by atoms with Crippen molar-refractivity contribution in [2.75, 3.05) is 5.75 Å². The van der Waals surface area contributed by atoms with E-state index in [4.69, 9.17) is 23.2 Å². The molecule has 1 aliphatic rings. The van der Waals surface area contributed by atoms with E-state index in [1.807, 2.05) is 0 Å². The minimum Gasteiger partial charge on any atom is -0.389 e. The Hall–Kier alpha value is 0.490. The van der Waals surface area contributed by atoms with Crippen molar-refractivity contribution in [3.8, 4) is 0 Å². The van der Waals surface area contributed by atoms with Crippen LogP contribution in [0.2, 0.25) is 0 Å². The van der Waals surface area contributed by atoms with Crippen LogP contribution in [0.15, 0.2) is 0 Å². The van der Waals surface area contributed by atoms with Crippen LogP contribution in [-0.2, 0) is 9.84 Å². The zero-order chi connectivity index (χ0) is 10.3. The van der Waals surface area contributed by atoms with E-state index in [1.54, 1.807) is 0 Å².